The lowest BCUT2D eigenvalue weighted by molar-refractivity contribution is -0.211. The highest BCUT2D eigenvalue weighted by Gasteiger charge is 2.64. The summed E-state index contributed by atoms with van der Waals surface area (Å²) in [7, 11) is 0. The van der Waals surface area contributed by atoms with E-state index in [-0.39, 0.29) is 46.9 Å². The van der Waals surface area contributed by atoms with Crippen LogP contribution in [-0.2, 0) is 33.4 Å². The zero-order valence-corrected chi connectivity index (χ0v) is 23.9. The first-order valence-electron chi connectivity index (χ1n) is 15.7. The minimum Gasteiger partial charge on any atom is -0.465 e. The monoisotopic (exact) mass is 540 g/mol. The van der Waals surface area contributed by atoms with E-state index in [4.69, 9.17) is 14.2 Å². The Morgan fingerprint density at radius 3 is 2.15 bits per heavy atom. The van der Waals surface area contributed by atoms with Gasteiger partial charge in [-0.25, -0.2) is 0 Å². The summed E-state index contributed by atoms with van der Waals surface area (Å²) in [6, 6.07) is 0. The fourth-order valence-electron chi connectivity index (χ4n) is 11.6. The molecule has 2 saturated heterocycles. The summed E-state index contributed by atoms with van der Waals surface area (Å²) in [5, 5.41) is 0. The van der Waals surface area contributed by atoms with E-state index in [1.165, 1.54) is 19.3 Å². The number of ether oxygens (including phenoxy) is 3. The average Bonchev–Trinajstić information content (AvgIpc) is 3.59. The van der Waals surface area contributed by atoms with Gasteiger partial charge in [0.05, 0.1) is 30.3 Å². The van der Waals surface area contributed by atoms with Crippen LogP contribution in [0.3, 0.4) is 0 Å². The molecule has 2 aliphatic heterocycles. The maximum Gasteiger partial charge on any atom is 0.318 e. The van der Waals surface area contributed by atoms with Crippen LogP contribution in [0, 0.1) is 76.4 Å². The van der Waals surface area contributed by atoms with Crippen molar-refractivity contribution >= 4 is 23.9 Å². The third-order valence-corrected chi connectivity index (χ3v) is 13.4. The van der Waals surface area contributed by atoms with Gasteiger partial charge in [-0.1, -0.05) is 20.8 Å². The van der Waals surface area contributed by atoms with Crippen molar-refractivity contribution < 1.29 is 33.4 Å². The second kappa shape index (κ2) is 8.79. The summed E-state index contributed by atoms with van der Waals surface area (Å²) in [5.41, 5.74) is -0.589. The fraction of sp³-hybridized carbons (Fsp3) is 0.875. The molecule has 6 saturated carbocycles. The topological polar surface area (TPSA) is 96.0 Å². The van der Waals surface area contributed by atoms with Gasteiger partial charge in [-0.3, -0.25) is 19.2 Å². The van der Waals surface area contributed by atoms with E-state index in [1.807, 2.05) is 0 Å². The zero-order chi connectivity index (χ0) is 27.4. The van der Waals surface area contributed by atoms with Crippen LogP contribution < -0.4 is 0 Å². The quantitative estimate of drug-likeness (QED) is 0.256. The van der Waals surface area contributed by atoms with Gasteiger partial charge < -0.3 is 14.2 Å². The summed E-state index contributed by atoms with van der Waals surface area (Å²) in [6.07, 6.45) is 9.55. The minimum absolute atomic E-state index is 0.00280. The smallest absolute Gasteiger partial charge is 0.318 e. The summed E-state index contributed by atoms with van der Waals surface area (Å²) < 4.78 is 17.2. The molecule has 0 spiro atoms. The second-order valence-corrected chi connectivity index (χ2v) is 15.0. The Labute approximate surface area is 231 Å². The van der Waals surface area contributed by atoms with Crippen LogP contribution in [0.1, 0.15) is 85.5 Å². The molecule has 10 unspecified atom stereocenters. The van der Waals surface area contributed by atoms with E-state index in [9.17, 15) is 19.2 Å². The number of hydrogen-bond donors (Lipinski definition) is 0. The van der Waals surface area contributed by atoms with E-state index in [0.29, 0.717) is 18.9 Å². The van der Waals surface area contributed by atoms with Crippen LogP contribution in [0.5, 0.6) is 0 Å². The lowest BCUT2D eigenvalue weighted by Gasteiger charge is -2.62. The highest BCUT2D eigenvalue weighted by molar-refractivity contribution is 5.98. The molecule has 39 heavy (non-hydrogen) atoms. The molecular formula is C32H44O7. The number of carbonyl (C=O) groups excluding carboxylic acids is 4. The maximum atomic E-state index is 14.4. The van der Waals surface area contributed by atoms with Crippen molar-refractivity contribution in [2.24, 2.45) is 76.4 Å². The standard InChI is InChI=1S/C32H44O7/c1-5-31(4,32-11-17-6-18(12-32)8-19(7-17)13-32)39-28(34)23(25-16(3)27(33)38-30(25)36)9-20-15(2)21-10-22(20)24-14-37-29(35)26(21)24/h15-26H,5-14H2,1-4H3. The van der Waals surface area contributed by atoms with Crippen LogP contribution >= 0.6 is 0 Å². The molecule has 0 amide bonds. The lowest BCUT2D eigenvalue weighted by atomic mass is 9.45. The minimum atomic E-state index is -0.814. The largest absolute Gasteiger partial charge is 0.465 e. The molecule has 0 N–H and O–H groups in total. The molecule has 214 valence electrons. The Balaban J connectivity index is 1.17. The molecule has 2 heterocycles. The number of carbonyl (C=O) groups is 4. The molecule has 0 aromatic heterocycles. The van der Waals surface area contributed by atoms with Gasteiger partial charge in [0.2, 0.25) is 0 Å². The van der Waals surface area contributed by atoms with E-state index in [0.717, 1.165) is 49.9 Å². The molecule has 7 nitrogen and oxygen atoms in total. The van der Waals surface area contributed by atoms with E-state index in [1.54, 1.807) is 6.92 Å². The number of fused-ring (bicyclic) bond motifs is 5. The summed E-state index contributed by atoms with van der Waals surface area (Å²) in [6.45, 7) is 8.63. The van der Waals surface area contributed by atoms with Crippen LogP contribution in [0.2, 0.25) is 0 Å². The molecule has 8 aliphatic rings. The van der Waals surface area contributed by atoms with Gasteiger partial charge in [0.1, 0.15) is 5.60 Å². The van der Waals surface area contributed by atoms with Gasteiger partial charge in [0.25, 0.3) is 0 Å². The molecule has 8 rings (SSSR count). The van der Waals surface area contributed by atoms with Gasteiger partial charge in [-0.05, 0) is 106 Å². The molecule has 0 radical (unpaired) electrons. The summed E-state index contributed by atoms with van der Waals surface area (Å²) >= 11 is 0. The van der Waals surface area contributed by atoms with Crippen LogP contribution in [0.4, 0.5) is 0 Å². The summed E-state index contributed by atoms with van der Waals surface area (Å²) in [4.78, 5) is 52.3. The van der Waals surface area contributed by atoms with Gasteiger partial charge in [0.15, 0.2) is 0 Å². The number of esters is 4. The van der Waals surface area contributed by atoms with Gasteiger partial charge >= 0.3 is 23.9 Å². The van der Waals surface area contributed by atoms with E-state index < -0.39 is 35.3 Å². The van der Waals surface area contributed by atoms with Crippen molar-refractivity contribution in [2.75, 3.05) is 6.61 Å². The molecule has 7 heteroatoms. The molecule has 0 aromatic carbocycles. The number of rotatable bonds is 7. The zero-order valence-electron chi connectivity index (χ0n) is 23.9. The Morgan fingerprint density at radius 2 is 1.59 bits per heavy atom. The molecule has 0 aromatic rings. The predicted molar refractivity (Wildman–Crippen MR) is 139 cm³/mol. The van der Waals surface area contributed by atoms with Crippen LogP contribution in [0.25, 0.3) is 0 Å². The molecule has 6 aliphatic carbocycles. The Hall–Kier alpha value is -1.92. The SMILES string of the molecule is CCC(C)(OC(=O)C(CC1C(C)C2CC1C1COC(=O)C21)C1C(=O)OC(=O)C1C)C12CC3CC(CC(C3)C1)C2. The average molecular weight is 541 g/mol. The van der Waals surface area contributed by atoms with Gasteiger partial charge in [-0.2, -0.15) is 0 Å². The molecular weight excluding hydrogens is 496 g/mol. The van der Waals surface area contributed by atoms with Crippen molar-refractivity contribution in [1.29, 1.82) is 0 Å². The third-order valence-electron chi connectivity index (χ3n) is 13.4. The Bertz CT molecular complexity index is 1060. The van der Waals surface area contributed by atoms with Crippen molar-refractivity contribution in [3.8, 4) is 0 Å². The predicted octanol–water partition coefficient (Wildman–Crippen LogP) is 4.95. The van der Waals surface area contributed by atoms with Crippen molar-refractivity contribution in [2.45, 2.75) is 91.1 Å². The fourth-order valence-corrected chi connectivity index (χ4v) is 11.6. The van der Waals surface area contributed by atoms with Crippen molar-refractivity contribution in [1.82, 2.24) is 0 Å². The second-order valence-electron chi connectivity index (χ2n) is 15.0. The molecule has 6 bridgehead atoms. The van der Waals surface area contributed by atoms with Crippen LogP contribution in [0.15, 0.2) is 0 Å². The highest BCUT2D eigenvalue weighted by atomic mass is 16.6. The van der Waals surface area contributed by atoms with E-state index in [2.05, 4.69) is 20.8 Å². The maximum absolute atomic E-state index is 14.4. The van der Waals surface area contributed by atoms with Gasteiger partial charge in [0, 0.05) is 11.3 Å². The summed E-state index contributed by atoms with van der Waals surface area (Å²) in [5.74, 6) is -0.360. The number of hydrogen-bond acceptors (Lipinski definition) is 7. The van der Waals surface area contributed by atoms with Gasteiger partial charge in [-0.15, -0.1) is 0 Å². The number of cyclic esters (lactones) is 3. The Kier molecular flexibility index (Phi) is 5.86. The lowest BCUT2D eigenvalue weighted by Crippen LogP contribution is -2.59. The first-order chi connectivity index (χ1) is 18.5. The van der Waals surface area contributed by atoms with E-state index >= 15 is 0 Å². The highest BCUT2D eigenvalue weighted by Crippen LogP contribution is 2.66. The molecule has 8 fully saturated rings. The Morgan fingerprint density at radius 1 is 0.949 bits per heavy atom. The first-order valence-corrected chi connectivity index (χ1v) is 15.7. The molecule has 10 atom stereocenters. The normalized spacial score (nSPS) is 49.5. The third kappa shape index (κ3) is 3.65. The van der Waals surface area contributed by atoms with Crippen LogP contribution in [-0.4, -0.2) is 36.1 Å². The van der Waals surface area contributed by atoms with Crippen molar-refractivity contribution in [3.05, 3.63) is 0 Å². The first kappa shape index (κ1) is 26.0. The van der Waals surface area contributed by atoms with Crippen molar-refractivity contribution in [3.63, 3.8) is 0 Å².